The molecule has 0 radical (unpaired) electrons. The lowest BCUT2D eigenvalue weighted by molar-refractivity contribution is 0.0378. The van der Waals surface area contributed by atoms with Crippen molar-refractivity contribution in [1.82, 2.24) is 4.90 Å². The maximum atomic E-state index is 6.20. The van der Waals surface area contributed by atoms with Gasteiger partial charge in [0, 0.05) is 12.5 Å². The molecule has 0 amide bonds. The molecular weight excluding hydrogens is 288 g/mol. The van der Waals surface area contributed by atoms with Gasteiger partial charge in [-0.2, -0.15) is 0 Å². The van der Waals surface area contributed by atoms with Crippen molar-refractivity contribution in [2.45, 2.75) is 32.6 Å². The highest BCUT2D eigenvalue weighted by Gasteiger charge is 2.38. The van der Waals surface area contributed by atoms with E-state index < -0.39 is 0 Å². The van der Waals surface area contributed by atoms with Gasteiger partial charge in [0.15, 0.2) is 11.5 Å². The number of fused-ring (bicyclic) bond motifs is 3. The molecule has 0 spiro atoms. The third kappa shape index (κ3) is 3.48. The maximum absolute atomic E-state index is 6.20. The number of benzene rings is 1. The maximum Gasteiger partial charge on any atom is 0.161 e. The highest BCUT2D eigenvalue weighted by molar-refractivity contribution is 5.44. The molecule has 4 rings (SSSR count). The predicted octanol–water partition coefficient (Wildman–Crippen LogP) is 2.87. The minimum Gasteiger partial charge on any atom is -0.490 e. The van der Waals surface area contributed by atoms with Gasteiger partial charge < -0.3 is 20.1 Å². The molecule has 0 aliphatic carbocycles. The molecule has 2 N–H and O–H groups in total. The third-order valence-corrected chi connectivity index (χ3v) is 5.47. The smallest absolute Gasteiger partial charge is 0.161 e. The molecule has 0 saturated carbocycles. The average Bonchev–Trinajstić information content (AvgIpc) is 2.59. The van der Waals surface area contributed by atoms with E-state index in [0.29, 0.717) is 31.6 Å². The van der Waals surface area contributed by atoms with Crippen molar-refractivity contribution in [3.05, 3.63) is 23.8 Å². The Bertz CT molecular complexity index is 512. The van der Waals surface area contributed by atoms with Crippen LogP contribution in [0.5, 0.6) is 11.5 Å². The summed E-state index contributed by atoms with van der Waals surface area (Å²) >= 11 is 0. The lowest BCUT2D eigenvalue weighted by Crippen LogP contribution is -2.50. The van der Waals surface area contributed by atoms with E-state index in [9.17, 15) is 0 Å². The molecule has 4 nitrogen and oxygen atoms in total. The lowest BCUT2D eigenvalue weighted by Gasteiger charge is -2.47. The largest absolute Gasteiger partial charge is 0.490 e. The number of rotatable bonds is 7. The first-order valence-electron chi connectivity index (χ1n) is 9.08. The predicted molar refractivity (Wildman–Crippen MR) is 93.2 cm³/mol. The summed E-state index contributed by atoms with van der Waals surface area (Å²) in [6.07, 6.45) is 2.66. The van der Waals surface area contributed by atoms with Crippen LogP contribution in [0, 0.1) is 11.8 Å². The summed E-state index contributed by atoms with van der Waals surface area (Å²) in [4.78, 5) is 2.60. The number of hydrogen-bond acceptors (Lipinski definition) is 4. The van der Waals surface area contributed by atoms with E-state index in [-0.39, 0.29) is 0 Å². The molecule has 0 aromatic heterocycles. The monoisotopic (exact) mass is 318 g/mol. The van der Waals surface area contributed by atoms with Crippen molar-refractivity contribution in [2.75, 3.05) is 39.4 Å². The molecule has 3 fully saturated rings. The number of nitrogens with zero attached hydrogens (tertiary/aromatic N) is 1. The van der Waals surface area contributed by atoms with Gasteiger partial charge in [-0.1, -0.05) is 6.07 Å². The molecule has 3 aliphatic heterocycles. The summed E-state index contributed by atoms with van der Waals surface area (Å²) in [5.41, 5.74) is 7.50. The molecule has 2 unspecified atom stereocenters. The van der Waals surface area contributed by atoms with Crippen molar-refractivity contribution >= 4 is 0 Å². The van der Waals surface area contributed by atoms with Crippen LogP contribution in [0.15, 0.2) is 18.2 Å². The van der Waals surface area contributed by atoms with Crippen molar-refractivity contribution in [3.63, 3.8) is 0 Å². The molecule has 1 aromatic rings. The third-order valence-electron chi connectivity index (χ3n) is 5.47. The van der Waals surface area contributed by atoms with Gasteiger partial charge in [0.25, 0.3) is 0 Å². The minimum absolute atomic E-state index is 0.415. The van der Waals surface area contributed by atoms with E-state index in [0.717, 1.165) is 17.4 Å². The van der Waals surface area contributed by atoms with Gasteiger partial charge in [0.2, 0.25) is 0 Å². The summed E-state index contributed by atoms with van der Waals surface area (Å²) in [7, 11) is 0. The van der Waals surface area contributed by atoms with Crippen LogP contribution in [0.1, 0.15) is 38.2 Å². The molecule has 128 valence electrons. The Morgan fingerprint density at radius 2 is 1.83 bits per heavy atom. The first-order valence-corrected chi connectivity index (χ1v) is 9.08. The quantitative estimate of drug-likeness (QED) is 0.840. The number of hydrogen-bond donors (Lipinski definition) is 1. The summed E-state index contributed by atoms with van der Waals surface area (Å²) in [5, 5.41) is 0. The second-order valence-corrected chi connectivity index (χ2v) is 6.72. The van der Waals surface area contributed by atoms with Crippen molar-refractivity contribution in [1.29, 1.82) is 0 Å². The Labute approximate surface area is 139 Å². The molecule has 3 aliphatic rings. The van der Waals surface area contributed by atoms with Gasteiger partial charge in [-0.25, -0.2) is 0 Å². The Hall–Kier alpha value is -1.26. The number of piperidine rings is 3. The molecule has 23 heavy (non-hydrogen) atoms. The summed E-state index contributed by atoms with van der Waals surface area (Å²) < 4.78 is 11.5. The van der Waals surface area contributed by atoms with Crippen molar-refractivity contribution in [2.24, 2.45) is 17.6 Å². The standard InChI is InChI=1S/C19H30N2O2/c1-3-22-18-6-5-15(11-19(18)23-4-2)16(12-20)17-13-21-9-7-14(17)8-10-21/h5-6,11,14,16-17H,3-4,7-10,12-13,20H2,1-2H3. The van der Waals surface area contributed by atoms with Crippen molar-refractivity contribution in [3.8, 4) is 11.5 Å². The van der Waals surface area contributed by atoms with Gasteiger partial charge in [-0.15, -0.1) is 0 Å². The Kier molecular flexibility index (Phi) is 5.44. The number of ether oxygens (including phenoxy) is 2. The summed E-state index contributed by atoms with van der Waals surface area (Å²) in [5.74, 6) is 3.61. The zero-order chi connectivity index (χ0) is 16.2. The highest BCUT2D eigenvalue weighted by atomic mass is 16.5. The second-order valence-electron chi connectivity index (χ2n) is 6.72. The molecule has 2 atom stereocenters. The highest BCUT2D eigenvalue weighted by Crippen LogP contribution is 2.42. The van der Waals surface area contributed by atoms with Crippen LogP contribution in [-0.4, -0.2) is 44.3 Å². The molecule has 4 heteroatoms. The topological polar surface area (TPSA) is 47.7 Å². The van der Waals surface area contributed by atoms with Crippen LogP contribution in [-0.2, 0) is 0 Å². The lowest BCUT2D eigenvalue weighted by atomic mass is 9.70. The zero-order valence-electron chi connectivity index (χ0n) is 14.5. The van der Waals surface area contributed by atoms with Crippen LogP contribution in [0.2, 0.25) is 0 Å². The molecule has 2 bridgehead atoms. The van der Waals surface area contributed by atoms with E-state index in [4.69, 9.17) is 15.2 Å². The Morgan fingerprint density at radius 3 is 2.39 bits per heavy atom. The fourth-order valence-corrected chi connectivity index (χ4v) is 4.32. The summed E-state index contributed by atoms with van der Waals surface area (Å²) in [6, 6.07) is 6.39. The van der Waals surface area contributed by atoms with Gasteiger partial charge in [-0.3, -0.25) is 0 Å². The van der Waals surface area contributed by atoms with Gasteiger partial charge in [0.1, 0.15) is 0 Å². The van der Waals surface area contributed by atoms with Crippen molar-refractivity contribution < 1.29 is 9.47 Å². The Balaban J connectivity index is 1.84. The molecule has 3 saturated heterocycles. The van der Waals surface area contributed by atoms with Crippen LogP contribution in [0.4, 0.5) is 0 Å². The van der Waals surface area contributed by atoms with Crippen LogP contribution in [0.3, 0.4) is 0 Å². The minimum atomic E-state index is 0.415. The first kappa shape index (κ1) is 16.6. The van der Waals surface area contributed by atoms with E-state index in [1.165, 1.54) is 38.0 Å². The van der Waals surface area contributed by atoms with Gasteiger partial charge in [-0.05, 0) is 75.9 Å². The molecule has 1 aromatic carbocycles. The van der Waals surface area contributed by atoms with Crippen LogP contribution in [0.25, 0.3) is 0 Å². The molecule has 3 heterocycles. The van der Waals surface area contributed by atoms with E-state index >= 15 is 0 Å². The SMILES string of the molecule is CCOc1ccc(C(CN)C2CN3CCC2CC3)cc1OCC. The van der Waals surface area contributed by atoms with E-state index in [1.54, 1.807) is 0 Å². The summed E-state index contributed by atoms with van der Waals surface area (Å²) in [6.45, 7) is 9.75. The zero-order valence-corrected chi connectivity index (χ0v) is 14.5. The van der Waals surface area contributed by atoms with Crippen LogP contribution < -0.4 is 15.2 Å². The Morgan fingerprint density at radius 1 is 1.13 bits per heavy atom. The molecular formula is C19H30N2O2. The average molecular weight is 318 g/mol. The van der Waals surface area contributed by atoms with E-state index in [2.05, 4.69) is 17.0 Å². The van der Waals surface area contributed by atoms with Gasteiger partial charge in [0.05, 0.1) is 13.2 Å². The van der Waals surface area contributed by atoms with Gasteiger partial charge >= 0.3 is 0 Å². The normalized spacial score (nSPS) is 27.7. The van der Waals surface area contributed by atoms with Crippen LogP contribution >= 0.6 is 0 Å². The first-order chi connectivity index (χ1) is 11.3. The fraction of sp³-hybridized carbons (Fsp3) is 0.684. The fourth-order valence-electron chi connectivity index (χ4n) is 4.32. The second kappa shape index (κ2) is 7.54. The van der Waals surface area contributed by atoms with E-state index in [1.807, 2.05) is 19.9 Å². The number of nitrogens with two attached hydrogens (primary N) is 1.